The van der Waals surface area contributed by atoms with E-state index in [1.54, 1.807) is 0 Å². The molecule has 1 aromatic heterocycles. The van der Waals surface area contributed by atoms with Crippen LogP contribution in [0.2, 0.25) is 0 Å². The topological polar surface area (TPSA) is 61.6 Å². The molecular weight excluding hydrogens is 364 g/mol. The molecule has 0 unspecified atom stereocenters. The lowest BCUT2D eigenvalue weighted by molar-refractivity contribution is 0.0164. The number of benzene rings is 2. The summed E-state index contributed by atoms with van der Waals surface area (Å²) >= 11 is 0. The third-order valence-corrected chi connectivity index (χ3v) is 5.88. The van der Waals surface area contributed by atoms with Crippen molar-refractivity contribution in [3.05, 3.63) is 59.9 Å². The van der Waals surface area contributed by atoms with Gasteiger partial charge in [0.1, 0.15) is 6.33 Å². The van der Waals surface area contributed by atoms with Gasteiger partial charge in [0.25, 0.3) is 5.91 Å². The number of rotatable bonds is 4. The van der Waals surface area contributed by atoms with E-state index >= 15 is 0 Å². The third kappa shape index (κ3) is 3.78. The first-order valence-corrected chi connectivity index (χ1v) is 10.1. The number of carbonyl (C=O) groups excluding carboxylic acids is 1. The molecule has 0 atom stereocenters. The van der Waals surface area contributed by atoms with E-state index in [-0.39, 0.29) is 18.1 Å². The van der Waals surface area contributed by atoms with Crippen LogP contribution in [0, 0.1) is 6.92 Å². The van der Waals surface area contributed by atoms with E-state index < -0.39 is 0 Å². The fraction of sp³-hybridized carbons (Fsp3) is 0.391. The van der Waals surface area contributed by atoms with Crippen molar-refractivity contribution in [3.63, 3.8) is 0 Å². The molecule has 29 heavy (non-hydrogen) atoms. The summed E-state index contributed by atoms with van der Waals surface area (Å²) in [6.45, 7) is 9.11. The number of fused-ring (bicyclic) bond motifs is 1. The van der Waals surface area contributed by atoms with Crippen molar-refractivity contribution in [2.75, 3.05) is 32.8 Å². The van der Waals surface area contributed by atoms with E-state index in [9.17, 15) is 9.90 Å². The molecule has 1 saturated heterocycles. The highest BCUT2D eigenvalue weighted by atomic mass is 16.3. The Hall–Kier alpha value is -2.70. The molecule has 1 fully saturated rings. The fourth-order valence-electron chi connectivity index (χ4n) is 3.93. The Balaban J connectivity index is 1.53. The van der Waals surface area contributed by atoms with Gasteiger partial charge in [-0.25, -0.2) is 4.98 Å². The first-order valence-electron chi connectivity index (χ1n) is 10.1. The molecule has 0 bridgehead atoms. The monoisotopic (exact) mass is 392 g/mol. The molecule has 1 N–H and O–H groups in total. The number of amides is 1. The van der Waals surface area contributed by atoms with Crippen molar-refractivity contribution < 1.29 is 9.90 Å². The van der Waals surface area contributed by atoms with Gasteiger partial charge in [0.2, 0.25) is 0 Å². The molecule has 3 aromatic rings. The van der Waals surface area contributed by atoms with Gasteiger partial charge in [-0.2, -0.15) is 0 Å². The van der Waals surface area contributed by atoms with Crippen LogP contribution in [0.5, 0.6) is 0 Å². The van der Waals surface area contributed by atoms with Gasteiger partial charge in [-0.1, -0.05) is 12.1 Å². The molecule has 0 saturated carbocycles. The Bertz CT molecular complexity index is 1030. The van der Waals surface area contributed by atoms with Crippen molar-refractivity contribution in [2.24, 2.45) is 0 Å². The Kier molecular flexibility index (Phi) is 5.15. The molecule has 0 radical (unpaired) electrons. The summed E-state index contributed by atoms with van der Waals surface area (Å²) in [7, 11) is 0. The van der Waals surface area contributed by atoms with Crippen LogP contribution < -0.4 is 0 Å². The highest BCUT2D eigenvalue weighted by Gasteiger charge is 2.31. The maximum absolute atomic E-state index is 13.0. The molecule has 2 heterocycles. The minimum Gasteiger partial charge on any atom is -0.394 e. The molecule has 152 valence electrons. The maximum Gasteiger partial charge on any atom is 0.254 e. The summed E-state index contributed by atoms with van der Waals surface area (Å²) in [6.07, 6.45) is 1.81. The largest absolute Gasteiger partial charge is 0.394 e. The number of imidazole rings is 1. The number of aliphatic hydroxyl groups excluding tert-OH is 1. The van der Waals surface area contributed by atoms with Crippen LogP contribution in [-0.4, -0.2) is 68.7 Å². The van der Waals surface area contributed by atoms with Crippen LogP contribution in [0.4, 0.5) is 0 Å². The first-order chi connectivity index (χ1) is 13.9. The molecule has 2 aromatic carbocycles. The Morgan fingerprint density at radius 1 is 1.10 bits per heavy atom. The minimum atomic E-state index is -0.253. The van der Waals surface area contributed by atoms with Gasteiger partial charge in [-0.05, 0) is 56.7 Å². The van der Waals surface area contributed by atoms with Gasteiger partial charge in [0.05, 0.1) is 17.6 Å². The maximum atomic E-state index is 13.0. The molecule has 1 aliphatic heterocycles. The predicted molar refractivity (Wildman–Crippen MR) is 114 cm³/mol. The van der Waals surface area contributed by atoms with Crippen molar-refractivity contribution in [2.45, 2.75) is 26.3 Å². The molecule has 0 aliphatic carbocycles. The SMILES string of the molecule is Cc1cccc(-n2cnc3cc(C(=O)N4CCN(C(C)(C)CO)CC4)ccc32)c1. The molecule has 4 rings (SSSR count). The smallest absolute Gasteiger partial charge is 0.254 e. The van der Waals surface area contributed by atoms with E-state index in [4.69, 9.17) is 0 Å². The van der Waals surface area contributed by atoms with Crippen LogP contribution in [0.1, 0.15) is 29.8 Å². The lowest BCUT2D eigenvalue weighted by atomic mass is 10.0. The predicted octanol–water partition coefficient (Wildman–Crippen LogP) is 2.86. The van der Waals surface area contributed by atoms with Crippen LogP contribution in [0.3, 0.4) is 0 Å². The molecule has 6 nitrogen and oxygen atoms in total. The molecule has 1 aliphatic rings. The number of hydrogen-bond acceptors (Lipinski definition) is 4. The second kappa shape index (κ2) is 7.61. The van der Waals surface area contributed by atoms with Gasteiger partial charge in [-0.3, -0.25) is 14.3 Å². The number of nitrogens with zero attached hydrogens (tertiary/aromatic N) is 4. The Labute approximate surface area is 171 Å². The highest BCUT2D eigenvalue weighted by molar-refractivity contribution is 5.97. The van der Waals surface area contributed by atoms with Gasteiger partial charge < -0.3 is 10.0 Å². The van der Waals surface area contributed by atoms with Gasteiger partial charge >= 0.3 is 0 Å². The average molecular weight is 393 g/mol. The summed E-state index contributed by atoms with van der Waals surface area (Å²) in [5.74, 6) is 0.0402. The summed E-state index contributed by atoms with van der Waals surface area (Å²) in [4.78, 5) is 21.7. The highest BCUT2D eigenvalue weighted by Crippen LogP contribution is 2.22. The first kappa shape index (κ1) is 19.6. The summed E-state index contributed by atoms with van der Waals surface area (Å²) in [5, 5.41) is 9.57. The quantitative estimate of drug-likeness (QED) is 0.742. The number of piperazine rings is 1. The second-order valence-electron chi connectivity index (χ2n) is 8.41. The number of aromatic nitrogens is 2. The fourth-order valence-corrected chi connectivity index (χ4v) is 3.93. The van der Waals surface area contributed by atoms with E-state index in [2.05, 4.69) is 35.0 Å². The van der Waals surface area contributed by atoms with Crippen molar-refractivity contribution >= 4 is 16.9 Å². The van der Waals surface area contributed by atoms with Crippen LogP contribution in [0.15, 0.2) is 48.8 Å². The Morgan fingerprint density at radius 2 is 1.86 bits per heavy atom. The van der Waals surface area contributed by atoms with E-state index in [0.29, 0.717) is 18.7 Å². The number of carbonyl (C=O) groups is 1. The summed E-state index contributed by atoms with van der Waals surface area (Å²) in [5.41, 5.74) is 4.48. The number of aryl methyl sites for hydroxylation is 1. The Morgan fingerprint density at radius 3 is 2.55 bits per heavy atom. The van der Waals surface area contributed by atoms with E-state index in [0.717, 1.165) is 29.8 Å². The van der Waals surface area contributed by atoms with Crippen molar-refractivity contribution in [1.82, 2.24) is 19.4 Å². The zero-order valence-electron chi connectivity index (χ0n) is 17.3. The number of aliphatic hydroxyl groups is 1. The molecule has 1 amide bonds. The zero-order valence-corrected chi connectivity index (χ0v) is 17.3. The normalized spacial score (nSPS) is 15.8. The zero-order chi connectivity index (χ0) is 20.6. The molecular formula is C23H28N4O2. The lowest BCUT2D eigenvalue weighted by Crippen LogP contribution is -2.57. The molecule has 6 heteroatoms. The number of hydrogen-bond donors (Lipinski definition) is 1. The van der Waals surface area contributed by atoms with E-state index in [1.165, 1.54) is 5.56 Å². The summed E-state index contributed by atoms with van der Waals surface area (Å²) in [6, 6.07) is 14.0. The van der Waals surface area contributed by atoms with E-state index in [1.807, 2.05) is 53.9 Å². The van der Waals surface area contributed by atoms with Crippen LogP contribution in [-0.2, 0) is 0 Å². The van der Waals surface area contributed by atoms with Crippen LogP contribution in [0.25, 0.3) is 16.7 Å². The van der Waals surface area contributed by atoms with Crippen molar-refractivity contribution in [3.8, 4) is 5.69 Å². The van der Waals surface area contributed by atoms with Crippen LogP contribution >= 0.6 is 0 Å². The lowest BCUT2D eigenvalue weighted by Gasteiger charge is -2.43. The van der Waals surface area contributed by atoms with Gasteiger partial charge in [-0.15, -0.1) is 0 Å². The van der Waals surface area contributed by atoms with Crippen molar-refractivity contribution in [1.29, 1.82) is 0 Å². The second-order valence-corrected chi connectivity index (χ2v) is 8.41. The van der Waals surface area contributed by atoms with Gasteiger partial charge in [0, 0.05) is 43.0 Å². The standard InChI is InChI=1S/C23H28N4O2/c1-17-5-4-6-19(13-17)27-16-24-20-14-18(7-8-21(20)27)22(29)25-9-11-26(12-10-25)23(2,3)15-28/h4-8,13-14,16,28H,9-12,15H2,1-3H3. The van der Waals surface area contributed by atoms with Gasteiger partial charge in [0.15, 0.2) is 0 Å². The average Bonchev–Trinajstić information content (AvgIpc) is 3.16. The molecule has 0 spiro atoms. The minimum absolute atomic E-state index is 0.0402. The summed E-state index contributed by atoms with van der Waals surface area (Å²) < 4.78 is 2.05. The third-order valence-electron chi connectivity index (χ3n) is 5.88.